The molecule has 1 aliphatic heterocycles. The number of rotatable bonds is 5. The third-order valence-electron chi connectivity index (χ3n) is 5.27. The van der Waals surface area contributed by atoms with Crippen molar-refractivity contribution in [1.82, 2.24) is 10.6 Å². The summed E-state index contributed by atoms with van der Waals surface area (Å²) >= 11 is 0. The summed E-state index contributed by atoms with van der Waals surface area (Å²) in [5.74, 6) is 0.828. The van der Waals surface area contributed by atoms with Gasteiger partial charge >= 0.3 is 0 Å². The summed E-state index contributed by atoms with van der Waals surface area (Å²) in [5.41, 5.74) is 3.23. The molecule has 2 heteroatoms. The average Bonchev–Trinajstić information content (AvgIpc) is 2.57. The van der Waals surface area contributed by atoms with Gasteiger partial charge in [-0.1, -0.05) is 43.5 Å². The minimum Gasteiger partial charge on any atom is -0.317 e. The van der Waals surface area contributed by atoms with Crippen molar-refractivity contribution < 1.29 is 0 Å². The van der Waals surface area contributed by atoms with Gasteiger partial charge in [0.2, 0.25) is 0 Å². The summed E-state index contributed by atoms with van der Waals surface area (Å²) in [4.78, 5) is 0. The normalized spacial score (nSPS) is 21.5. The van der Waals surface area contributed by atoms with Crippen molar-refractivity contribution in [2.24, 2.45) is 0 Å². The maximum atomic E-state index is 3.76. The topological polar surface area (TPSA) is 24.1 Å². The molecular formula is C19H30N2. The van der Waals surface area contributed by atoms with E-state index in [0.717, 1.165) is 18.5 Å². The summed E-state index contributed by atoms with van der Waals surface area (Å²) in [6.45, 7) is 3.49. The predicted octanol–water partition coefficient (Wildman–Crippen LogP) is 3.62. The van der Waals surface area contributed by atoms with Gasteiger partial charge in [-0.3, -0.25) is 0 Å². The molecule has 0 aromatic heterocycles. The summed E-state index contributed by atoms with van der Waals surface area (Å²) in [7, 11) is 0. The van der Waals surface area contributed by atoms with Crippen LogP contribution >= 0.6 is 0 Å². The van der Waals surface area contributed by atoms with E-state index in [4.69, 9.17) is 0 Å². The van der Waals surface area contributed by atoms with Gasteiger partial charge in [0.25, 0.3) is 0 Å². The molecule has 1 aromatic rings. The van der Waals surface area contributed by atoms with Crippen molar-refractivity contribution in [2.75, 3.05) is 19.6 Å². The van der Waals surface area contributed by atoms with E-state index in [1.807, 2.05) is 0 Å². The van der Waals surface area contributed by atoms with Gasteiger partial charge in [-0.2, -0.15) is 0 Å². The molecule has 1 aromatic carbocycles. The van der Waals surface area contributed by atoms with Gasteiger partial charge in [0, 0.05) is 6.04 Å². The molecule has 1 saturated heterocycles. The van der Waals surface area contributed by atoms with Crippen molar-refractivity contribution in [3.05, 3.63) is 35.4 Å². The molecule has 3 rings (SSSR count). The molecule has 1 heterocycles. The van der Waals surface area contributed by atoms with Crippen LogP contribution in [-0.4, -0.2) is 25.7 Å². The molecule has 2 nitrogen and oxygen atoms in total. The van der Waals surface area contributed by atoms with E-state index < -0.39 is 0 Å². The molecule has 21 heavy (non-hydrogen) atoms. The third kappa shape index (κ3) is 4.31. The van der Waals surface area contributed by atoms with Crippen molar-refractivity contribution >= 4 is 0 Å². The standard InChI is InChI=1S/C19H30N2/c1-2-6-16(7-3-1)19-9-5-4-8-17(19)10-15-21-18-11-13-20-14-12-18/h4-5,8-9,16,18,20-21H,1-3,6-7,10-15H2. The molecule has 0 atom stereocenters. The Morgan fingerprint density at radius 2 is 1.71 bits per heavy atom. The van der Waals surface area contributed by atoms with Gasteiger partial charge < -0.3 is 10.6 Å². The van der Waals surface area contributed by atoms with Crippen molar-refractivity contribution in [3.8, 4) is 0 Å². The van der Waals surface area contributed by atoms with Crippen LogP contribution in [0.25, 0.3) is 0 Å². The lowest BCUT2D eigenvalue weighted by molar-refractivity contribution is 0.389. The van der Waals surface area contributed by atoms with Crippen LogP contribution in [0.2, 0.25) is 0 Å². The Balaban J connectivity index is 1.54. The first-order valence-electron chi connectivity index (χ1n) is 8.95. The molecule has 0 radical (unpaired) electrons. The predicted molar refractivity (Wildman–Crippen MR) is 89.9 cm³/mol. The quantitative estimate of drug-likeness (QED) is 0.864. The van der Waals surface area contributed by atoms with E-state index in [1.165, 1.54) is 64.5 Å². The molecular weight excluding hydrogens is 256 g/mol. The van der Waals surface area contributed by atoms with Crippen LogP contribution in [0.3, 0.4) is 0 Å². The Hall–Kier alpha value is -0.860. The van der Waals surface area contributed by atoms with Crippen LogP contribution < -0.4 is 10.6 Å². The second-order valence-electron chi connectivity index (χ2n) is 6.76. The van der Waals surface area contributed by atoms with Gasteiger partial charge in [0.15, 0.2) is 0 Å². The van der Waals surface area contributed by atoms with Crippen LogP contribution in [-0.2, 0) is 6.42 Å². The van der Waals surface area contributed by atoms with Crippen LogP contribution in [0.1, 0.15) is 62.0 Å². The molecule has 2 fully saturated rings. The molecule has 0 unspecified atom stereocenters. The lowest BCUT2D eigenvalue weighted by Gasteiger charge is -2.26. The maximum absolute atomic E-state index is 3.76. The van der Waals surface area contributed by atoms with E-state index in [2.05, 4.69) is 34.9 Å². The second-order valence-corrected chi connectivity index (χ2v) is 6.76. The number of piperidine rings is 1. The molecule has 2 N–H and O–H groups in total. The van der Waals surface area contributed by atoms with E-state index in [-0.39, 0.29) is 0 Å². The second kappa shape index (κ2) is 7.95. The van der Waals surface area contributed by atoms with Gasteiger partial charge in [0.1, 0.15) is 0 Å². The Kier molecular flexibility index (Phi) is 5.70. The SMILES string of the molecule is c1ccc(C2CCCCC2)c(CCNC2CCNCC2)c1. The zero-order valence-electron chi connectivity index (χ0n) is 13.2. The van der Waals surface area contributed by atoms with Crippen LogP contribution in [0.5, 0.6) is 0 Å². The van der Waals surface area contributed by atoms with E-state index in [9.17, 15) is 0 Å². The lowest BCUT2D eigenvalue weighted by atomic mass is 9.81. The molecule has 0 spiro atoms. The van der Waals surface area contributed by atoms with Crippen molar-refractivity contribution in [2.45, 2.75) is 63.3 Å². The zero-order valence-corrected chi connectivity index (χ0v) is 13.2. The Labute approximate surface area is 129 Å². The molecule has 0 amide bonds. The van der Waals surface area contributed by atoms with Gasteiger partial charge in [-0.15, -0.1) is 0 Å². The first kappa shape index (κ1) is 15.1. The highest BCUT2D eigenvalue weighted by Gasteiger charge is 2.18. The zero-order chi connectivity index (χ0) is 14.3. The Morgan fingerprint density at radius 1 is 0.952 bits per heavy atom. The van der Waals surface area contributed by atoms with Gasteiger partial charge in [-0.25, -0.2) is 0 Å². The Morgan fingerprint density at radius 3 is 2.52 bits per heavy atom. The maximum Gasteiger partial charge on any atom is 0.00913 e. The smallest absolute Gasteiger partial charge is 0.00913 e. The first-order chi connectivity index (χ1) is 10.4. The molecule has 0 bridgehead atoms. The number of hydrogen-bond acceptors (Lipinski definition) is 2. The Bertz CT molecular complexity index is 417. The van der Waals surface area contributed by atoms with Crippen LogP contribution in [0.15, 0.2) is 24.3 Å². The monoisotopic (exact) mass is 286 g/mol. The van der Waals surface area contributed by atoms with Crippen LogP contribution in [0, 0.1) is 0 Å². The third-order valence-corrected chi connectivity index (χ3v) is 5.27. The summed E-state index contributed by atoms with van der Waals surface area (Å²) in [6, 6.07) is 9.91. The lowest BCUT2D eigenvalue weighted by Crippen LogP contribution is -2.40. The fraction of sp³-hybridized carbons (Fsp3) is 0.684. The fourth-order valence-electron chi connectivity index (χ4n) is 4.01. The highest BCUT2D eigenvalue weighted by molar-refractivity contribution is 5.31. The van der Waals surface area contributed by atoms with E-state index in [1.54, 1.807) is 11.1 Å². The highest BCUT2D eigenvalue weighted by Crippen LogP contribution is 2.34. The fourth-order valence-corrected chi connectivity index (χ4v) is 4.01. The minimum absolute atomic E-state index is 0.730. The summed E-state index contributed by atoms with van der Waals surface area (Å²) < 4.78 is 0. The number of nitrogens with one attached hydrogen (secondary N) is 2. The average molecular weight is 286 g/mol. The molecule has 116 valence electrons. The van der Waals surface area contributed by atoms with Crippen LogP contribution in [0.4, 0.5) is 0 Å². The minimum atomic E-state index is 0.730. The van der Waals surface area contributed by atoms with Gasteiger partial charge in [-0.05, 0) is 68.8 Å². The summed E-state index contributed by atoms with van der Waals surface area (Å²) in [5, 5.41) is 7.20. The highest BCUT2D eigenvalue weighted by atomic mass is 15.0. The van der Waals surface area contributed by atoms with E-state index >= 15 is 0 Å². The van der Waals surface area contributed by atoms with Crippen molar-refractivity contribution in [1.29, 1.82) is 0 Å². The van der Waals surface area contributed by atoms with Crippen molar-refractivity contribution in [3.63, 3.8) is 0 Å². The molecule has 1 aliphatic carbocycles. The number of hydrogen-bond donors (Lipinski definition) is 2. The summed E-state index contributed by atoms with van der Waals surface area (Å²) in [6.07, 6.45) is 10.8. The number of benzene rings is 1. The van der Waals surface area contributed by atoms with Gasteiger partial charge in [0.05, 0.1) is 0 Å². The first-order valence-corrected chi connectivity index (χ1v) is 8.95. The molecule has 1 saturated carbocycles. The van der Waals surface area contributed by atoms with E-state index in [0.29, 0.717) is 0 Å². The molecule has 2 aliphatic rings. The largest absolute Gasteiger partial charge is 0.317 e.